The molecule has 3 aromatic carbocycles. The van der Waals surface area contributed by atoms with Crippen molar-refractivity contribution < 1.29 is 14.3 Å². The van der Waals surface area contributed by atoms with Gasteiger partial charge in [0.2, 0.25) is 0 Å². The molecule has 4 rings (SSSR count). The Kier molecular flexibility index (Phi) is 7.67. The highest BCUT2D eigenvalue weighted by Gasteiger charge is 2.32. The molecule has 0 fully saturated rings. The first-order valence-electron chi connectivity index (χ1n) is 11.6. The molecule has 0 spiro atoms. The Bertz CT molecular complexity index is 1240. The summed E-state index contributed by atoms with van der Waals surface area (Å²) in [5.74, 6) is 1.05. The maximum Gasteiger partial charge on any atom is 0.256 e. The summed E-state index contributed by atoms with van der Waals surface area (Å²) >= 11 is 5.55. The summed E-state index contributed by atoms with van der Waals surface area (Å²) in [6.07, 6.45) is 0. The second-order valence-corrected chi connectivity index (χ2v) is 8.49. The van der Waals surface area contributed by atoms with Gasteiger partial charge in [0.1, 0.15) is 0 Å². The Hall–Kier alpha value is -3.84. The topological polar surface area (TPSA) is 71.6 Å². The number of amides is 1. The van der Waals surface area contributed by atoms with Gasteiger partial charge in [-0.3, -0.25) is 4.79 Å². The van der Waals surface area contributed by atoms with Gasteiger partial charge in [-0.25, -0.2) is 0 Å². The highest BCUT2D eigenvalue weighted by molar-refractivity contribution is 7.80. The van der Waals surface area contributed by atoms with Gasteiger partial charge in [-0.15, -0.1) is 0 Å². The number of benzene rings is 3. The fraction of sp³-hybridized carbons (Fsp3) is 0.214. The van der Waals surface area contributed by atoms with Gasteiger partial charge >= 0.3 is 0 Å². The summed E-state index contributed by atoms with van der Waals surface area (Å²) in [7, 11) is 0. The van der Waals surface area contributed by atoms with Crippen LogP contribution in [-0.2, 0) is 4.79 Å². The lowest BCUT2D eigenvalue weighted by atomic mass is 9.91. The van der Waals surface area contributed by atoms with E-state index < -0.39 is 6.04 Å². The second kappa shape index (κ2) is 11.1. The third-order valence-electron chi connectivity index (χ3n) is 5.59. The van der Waals surface area contributed by atoms with Crippen LogP contribution in [0.2, 0.25) is 0 Å². The van der Waals surface area contributed by atoms with Crippen molar-refractivity contribution in [3.8, 4) is 11.5 Å². The van der Waals surface area contributed by atoms with Crippen molar-refractivity contribution in [1.82, 2.24) is 10.6 Å². The Morgan fingerprint density at radius 1 is 0.943 bits per heavy atom. The van der Waals surface area contributed by atoms with Crippen molar-refractivity contribution >= 4 is 34.6 Å². The molecule has 1 aliphatic heterocycles. The van der Waals surface area contributed by atoms with Crippen molar-refractivity contribution in [2.24, 2.45) is 0 Å². The first kappa shape index (κ1) is 24.3. The van der Waals surface area contributed by atoms with Gasteiger partial charge in [-0.2, -0.15) is 0 Å². The normalized spacial score (nSPS) is 15.2. The van der Waals surface area contributed by atoms with Gasteiger partial charge in [-0.1, -0.05) is 54.1 Å². The first-order chi connectivity index (χ1) is 17.0. The molecule has 7 heteroatoms. The van der Waals surface area contributed by atoms with E-state index in [2.05, 4.69) is 16.0 Å². The van der Waals surface area contributed by atoms with E-state index in [1.807, 2.05) is 93.6 Å². The summed E-state index contributed by atoms with van der Waals surface area (Å²) in [6.45, 7) is 6.88. The number of nitrogens with one attached hydrogen (secondary N) is 3. The summed E-state index contributed by atoms with van der Waals surface area (Å²) in [5.41, 5.74) is 4.73. The van der Waals surface area contributed by atoms with Crippen LogP contribution >= 0.6 is 12.2 Å². The van der Waals surface area contributed by atoms with E-state index in [0.717, 1.165) is 16.7 Å². The van der Waals surface area contributed by atoms with E-state index in [-0.39, 0.29) is 5.91 Å². The molecule has 1 atom stereocenters. The van der Waals surface area contributed by atoms with E-state index in [1.54, 1.807) is 0 Å². The molecule has 1 aliphatic rings. The number of rotatable bonds is 8. The highest BCUT2D eigenvalue weighted by atomic mass is 32.1. The second-order valence-electron chi connectivity index (χ2n) is 8.08. The zero-order valence-corrected chi connectivity index (χ0v) is 20.9. The molecule has 35 heavy (non-hydrogen) atoms. The minimum Gasteiger partial charge on any atom is -0.490 e. The number of carbonyl (C=O) groups is 1. The minimum atomic E-state index is -0.501. The fourth-order valence-corrected chi connectivity index (χ4v) is 4.19. The summed E-state index contributed by atoms with van der Waals surface area (Å²) in [6, 6.07) is 22.6. The van der Waals surface area contributed by atoms with Crippen LogP contribution in [0.5, 0.6) is 11.5 Å². The number of carbonyl (C=O) groups excluding carboxylic acids is 1. The highest BCUT2D eigenvalue weighted by Crippen LogP contribution is 2.36. The maximum atomic E-state index is 13.8. The van der Waals surface area contributed by atoms with E-state index in [4.69, 9.17) is 21.7 Å². The Balaban J connectivity index is 1.82. The minimum absolute atomic E-state index is 0.230. The molecule has 0 bridgehead atoms. The number of ether oxygens (including phenoxy) is 2. The smallest absolute Gasteiger partial charge is 0.256 e. The van der Waals surface area contributed by atoms with Gasteiger partial charge in [0.05, 0.1) is 30.5 Å². The molecular formula is C28H29N3O3S. The lowest BCUT2D eigenvalue weighted by Gasteiger charge is -2.32. The molecule has 180 valence electrons. The lowest BCUT2D eigenvalue weighted by molar-refractivity contribution is -0.113. The molecule has 0 aliphatic carbocycles. The van der Waals surface area contributed by atoms with Gasteiger partial charge in [0.15, 0.2) is 16.6 Å². The molecule has 0 aromatic heterocycles. The summed E-state index contributed by atoms with van der Waals surface area (Å²) < 4.78 is 11.6. The molecule has 1 heterocycles. The first-order valence-corrected chi connectivity index (χ1v) is 12.1. The predicted octanol–water partition coefficient (Wildman–Crippen LogP) is 5.36. The van der Waals surface area contributed by atoms with Gasteiger partial charge in [-0.05, 0) is 68.4 Å². The molecule has 1 amide bonds. The van der Waals surface area contributed by atoms with Crippen molar-refractivity contribution in [3.63, 3.8) is 0 Å². The average Bonchev–Trinajstić information content (AvgIpc) is 2.86. The number of hydrogen-bond donors (Lipinski definition) is 3. The van der Waals surface area contributed by atoms with Crippen LogP contribution in [0.3, 0.4) is 0 Å². The molecular weight excluding hydrogens is 458 g/mol. The third kappa shape index (κ3) is 5.63. The van der Waals surface area contributed by atoms with Crippen LogP contribution < -0.4 is 25.4 Å². The number of thiocarbonyl (C=S) groups is 1. The van der Waals surface area contributed by atoms with Crippen LogP contribution in [0.15, 0.2) is 78.4 Å². The molecule has 1 unspecified atom stereocenters. The Labute approximate surface area is 211 Å². The van der Waals surface area contributed by atoms with Crippen molar-refractivity contribution in [2.45, 2.75) is 26.8 Å². The quantitative estimate of drug-likeness (QED) is 0.372. The van der Waals surface area contributed by atoms with Gasteiger partial charge in [0, 0.05) is 5.69 Å². The number of aryl methyl sites for hydroxylation is 1. The van der Waals surface area contributed by atoms with Crippen molar-refractivity contribution in [3.05, 3.63) is 95.1 Å². The molecule has 0 saturated carbocycles. The zero-order chi connectivity index (χ0) is 24.8. The SMILES string of the molecule is CCOc1ccc(C2NC(=S)NC(c3ccccc3)=C2C(=O)Nc2ccc(C)cc2)cc1OCC. The largest absolute Gasteiger partial charge is 0.490 e. The standard InChI is InChI=1S/C28H29N3O3S/c1-4-33-22-16-13-20(17-23(22)34-5-2)26-24(27(32)29-21-14-11-18(3)12-15-21)25(30-28(35)31-26)19-9-7-6-8-10-19/h6-17,26H,4-5H2,1-3H3,(H,29,32)(H2,30,31,35). The molecule has 3 N–H and O–H groups in total. The number of hydrogen-bond acceptors (Lipinski definition) is 4. The molecule has 3 aromatic rings. The van der Waals surface area contributed by atoms with Crippen LogP contribution in [0, 0.1) is 6.92 Å². The third-order valence-corrected chi connectivity index (χ3v) is 5.81. The summed E-state index contributed by atoms with van der Waals surface area (Å²) in [5, 5.41) is 9.98. The zero-order valence-electron chi connectivity index (χ0n) is 20.1. The van der Waals surface area contributed by atoms with E-state index >= 15 is 0 Å². The predicted molar refractivity (Wildman–Crippen MR) is 144 cm³/mol. The van der Waals surface area contributed by atoms with Crippen molar-refractivity contribution in [1.29, 1.82) is 0 Å². The van der Waals surface area contributed by atoms with Crippen LogP contribution in [0.1, 0.15) is 36.6 Å². The fourth-order valence-electron chi connectivity index (χ4n) is 3.97. The molecule has 0 saturated heterocycles. The Morgan fingerprint density at radius 3 is 2.31 bits per heavy atom. The average molecular weight is 488 g/mol. The van der Waals surface area contributed by atoms with E-state index in [1.165, 1.54) is 0 Å². The van der Waals surface area contributed by atoms with Crippen LogP contribution in [0.4, 0.5) is 5.69 Å². The molecule has 6 nitrogen and oxygen atoms in total. The monoisotopic (exact) mass is 487 g/mol. The van der Waals surface area contributed by atoms with E-state index in [9.17, 15) is 4.79 Å². The Morgan fingerprint density at radius 2 is 1.63 bits per heavy atom. The van der Waals surface area contributed by atoms with Gasteiger partial charge < -0.3 is 25.4 Å². The van der Waals surface area contributed by atoms with Gasteiger partial charge in [0.25, 0.3) is 5.91 Å². The summed E-state index contributed by atoms with van der Waals surface area (Å²) in [4.78, 5) is 13.8. The van der Waals surface area contributed by atoms with Crippen LogP contribution in [-0.4, -0.2) is 24.2 Å². The maximum absolute atomic E-state index is 13.8. The molecule has 0 radical (unpaired) electrons. The van der Waals surface area contributed by atoms with Crippen LogP contribution in [0.25, 0.3) is 5.70 Å². The number of anilines is 1. The van der Waals surface area contributed by atoms with E-state index in [0.29, 0.717) is 46.8 Å². The van der Waals surface area contributed by atoms with Crippen molar-refractivity contribution in [2.75, 3.05) is 18.5 Å². The lowest BCUT2D eigenvalue weighted by Crippen LogP contribution is -2.45.